The van der Waals surface area contributed by atoms with Crippen molar-refractivity contribution in [3.8, 4) is 0 Å². The van der Waals surface area contributed by atoms with Gasteiger partial charge in [0.2, 0.25) is 0 Å². The van der Waals surface area contributed by atoms with Gasteiger partial charge in [-0.2, -0.15) is 54.1 Å². The average molecular weight is 976 g/mol. The number of hydrogen-bond acceptors (Lipinski definition) is 16. The monoisotopic (exact) mass is 975 g/mol. The molecule has 0 amide bonds. The highest BCUT2D eigenvalue weighted by atomic mass is 32.2. The summed E-state index contributed by atoms with van der Waals surface area (Å²) in [5.74, 6) is 0. The average Bonchev–Trinajstić information content (AvgIpc) is 3.22. The first-order valence-electron chi connectivity index (χ1n) is 19.1. The fourth-order valence-corrected chi connectivity index (χ4v) is 9.78. The second kappa shape index (κ2) is 18.3. The van der Waals surface area contributed by atoms with Gasteiger partial charge in [-0.25, -0.2) is 0 Å². The number of azo groups is 2. The van der Waals surface area contributed by atoms with Gasteiger partial charge in [0.15, 0.2) is 0 Å². The van der Waals surface area contributed by atoms with Crippen LogP contribution in [0.1, 0.15) is 11.1 Å². The molecule has 20 nitrogen and oxygen atoms in total. The molecular formula is C42H37N7O13S4. The van der Waals surface area contributed by atoms with Gasteiger partial charge in [-0.05, 0) is 116 Å². The number of nitrogens with one attached hydrogen (secondary N) is 3. The van der Waals surface area contributed by atoms with Crippen LogP contribution in [-0.2, 0) is 40.5 Å². The van der Waals surface area contributed by atoms with Crippen LogP contribution in [0.4, 0.5) is 51.2 Å². The van der Waals surface area contributed by atoms with Crippen molar-refractivity contribution < 1.29 is 57.0 Å². The lowest BCUT2D eigenvalue weighted by Crippen LogP contribution is -2.06. The van der Waals surface area contributed by atoms with E-state index >= 15 is 0 Å². The Hall–Kier alpha value is -6.74. The normalized spacial score (nSPS) is 12.7. The van der Waals surface area contributed by atoms with Crippen LogP contribution in [0.15, 0.2) is 155 Å². The molecule has 24 heteroatoms. The van der Waals surface area contributed by atoms with Gasteiger partial charge in [-0.1, -0.05) is 24.3 Å². The van der Waals surface area contributed by atoms with E-state index in [-0.39, 0.29) is 46.1 Å². The standard InChI is InChI=1S/C42H37N7O13S4/c1-24-15-26(9-11-37(24)48-46-31-20-35-33(41(22-31)65(57,58)59)5-3-7-39(35)63(51,52)53)44-29-17-28(43-13-14-50)18-30(19-29)45-27-10-12-38(25(2)16-27)49-47-32-21-36-34(42(23-32)66(60,61)62)6-4-8-40(36)64(54,55)56/h3-12,15-23,43-45,50H,13-14H2,1-2H3,(H,51,52,53)(H,54,55,56)(H,57,58,59)(H,60,61,62). The van der Waals surface area contributed by atoms with Crippen LogP contribution >= 0.6 is 0 Å². The van der Waals surface area contributed by atoms with Crippen LogP contribution in [0.3, 0.4) is 0 Å². The maximum atomic E-state index is 12.2. The molecule has 0 aliphatic heterocycles. The molecule has 66 heavy (non-hydrogen) atoms. The summed E-state index contributed by atoms with van der Waals surface area (Å²) in [6, 6.07) is 27.3. The zero-order valence-corrected chi connectivity index (χ0v) is 37.6. The third-order valence-electron chi connectivity index (χ3n) is 9.81. The van der Waals surface area contributed by atoms with Gasteiger partial charge in [0.1, 0.15) is 19.6 Å². The van der Waals surface area contributed by atoms with Crippen molar-refractivity contribution in [1.82, 2.24) is 0 Å². The summed E-state index contributed by atoms with van der Waals surface area (Å²) in [6.45, 7) is 3.60. The third-order valence-corrected chi connectivity index (χ3v) is 13.4. The molecule has 342 valence electrons. The molecule has 7 aromatic rings. The van der Waals surface area contributed by atoms with Crippen molar-refractivity contribution in [3.05, 3.63) is 126 Å². The first-order valence-corrected chi connectivity index (χ1v) is 24.9. The second-order valence-electron chi connectivity index (χ2n) is 14.6. The van der Waals surface area contributed by atoms with Crippen molar-refractivity contribution in [1.29, 1.82) is 0 Å². The quantitative estimate of drug-likeness (QED) is 0.0350. The lowest BCUT2D eigenvalue weighted by molar-refractivity contribution is 0.311. The maximum Gasteiger partial charge on any atom is 0.295 e. The van der Waals surface area contributed by atoms with E-state index < -0.39 is 60.1 Å². The Morgan fingerprint density at radius 2 is 0.818 bits per heavy atom. The highest BCUT2D eigenvalue weighted by molar-refractivity contribution is 7.87. The summed E-state index contributed by atoms with van der Waals surface area (Å²) in [4.78, 5) is -2.43. The zero-order chi connectivity index (χ0) is 47.8. The number of benzene rings is 7. The molecule has 0 aliphatic rings. The van der Waals surface area contributed by atoms with Gasteiger partial charge in [-0.3, -0.25) is 18.2 Å². The lowest BCUT2D eigenvalue weighted by Gasteiger charge is -2.15. The van der Waals surface area contributed by atoms with E-state index in [1.165, 1.54) is 36.4 Å². The van der Waals surface area contributed by atoms with Crippen LogP contribution in [0.25, 0.3) is 21.5 Å². The Morgan fingerprint density at radius 1 is 0.424 bits per heavy atom. The van der Waals surface area contributed by atoms with Gasteiger partial charge in [0.05, 0.1) is 29.4 Å². The number of aliphatic hydroxyl groups is 1. The van der Waals surface area contributed by atoms with E-state index in [0.717, 1.165) is 24.3 Å². The van der Waals surface area contributed by atoms with Gasteiger partial charge in [0, 0.05) is 56.5 Å². The Kier molecular flexibility index (Phi) is 13.1. The number of rotatable bonds is 15. The van der Waals surface area contributed by atoms with Crippen molar-refractivity contribution in [2.45, 2.75) is 33.4 Å². The highest BCUT2D eigenvalue weighted by Crippen LogP contribution is 2.37. The predicted octanol–water partition coefficient (Wildman–Crippen LogP) is 9.32. The minimum absolute atomic E-state index is 0.119. The molecule has 0 atom stereocenters. The molecular weight excluding hydrogens is 939 g/mol. The summed E-state index contributed by atoms with van der Waals surface area (Å²) >= 11 is 0. The molecule has 0 spiro atoms. The smallest absolute Gasteiger partial charge is 0.295 e. The first kappa shape index (κ1) is 47.2. The lowest BCUT2D eigenvalue weighted by atomic mass is 10.1. The molecule has 0 radical (unpaired) electrons. The summed E-state index contributed by atoms with van der Waals surface area (Å²) in [6.07, 6.45) is 0. The van der Waals surface area contributed by atoms with E-state index in [4.69, 9.17) is 0 Å². The molecule has 0 heterocycles. The fourth-order valence-electron chi connectivity index (χ4n) is 6.93. The number of nitrogens with zero attached hydrogens (tertiary/aromatic N) is 4. The Balaban J connectivity index is 1.12. The fraction of sp³-hybridized carbons (Fsp3) is 0.0952. The highest BCUT2D eigenvalue weighted by Gasteiger charge is 2.23. The molecule has 7 rings (SSSR count). The molecule has 8 N–H and O–H groups in total. The van der Waals surface area contributed by atoms with Gasteiger partial charge >= 0.3 is 0 Å². The van der Waals surface area contributed by atoms with Crippen LogP contribution in [0.5, 0.6) is 0 Å². The Labute approximate surface area is 377 Å². The van der Waals surface area contributed by atoms with Crippen LogP contribution < -0.4 is 16.0 Å². The molecule has 0 bridgehead atoms. The van der Waals surface area contributed by atoms with Crippen molar-refractivity contribution in [2.24, 2.45) is 20.5 Å². The summed E-state index contributed by atoms with van der Waals surface area (Å²) in [5, 5.41) is 35.3. The Morgan fingerprint density at radius 3 is 1.18 bits per heavy atom. The first-order chi connectivity index (χ1) is 31.0. The summed E-state index contributed by atoms with van der Waals surface area (Å²) < 4.78 is 137. The Bertz CT molecular complexity index is 3390. The molecule has 0 unspecified atom stereocenters. The molecule has 0 saturated heterocycles. The van der Waals surface area contributed by atoms with E-state index in [9.17, 15) is 57.0 Å². The zero-order valence-electron chi connectivity index (χ0n) is 34.3. The molecule has 7 aromatic carbocycles. The van der Waals surface area contributed by atoms with Crippen molar-refractivity contribution in [2.75, 3.05) is 29.1 Å². The van der Waals surface area contributed by atoms with E-state index in [1.807, 2.05) is 18.2 Å². The van der Waals surface area contributed by atoms with Gasteiger partial charge < -0.3 is 21.1 Å². The minimum atomic E-state index is -4.85. The van der Waals surface area contributed by atoms with Crippen LogP contribution in [-0.4, -0.2) is 70.1 Å². The molecule has 0 fully saturated rings. The van der Waals surface area contributed by atoms with Crippen molar-refractivity contribution >= 4 is 113 Å². The molecule has 0 saturated carbocycles. The minimum Gasteiger partial charge on any atom is -0.395 e. The van der Waals surface area contributed by atoms with Crippen LogP contribution in [0.2, 0.25) is 0 Å². The maximum absolute atomic E-state index is 12.2. The number of fused-ring (bicyclic) bond motifs is 2. The van der Waals surface area contributed by atoms with Crippen LogP contribution in [0, 0.1) is 13.8 Å². The number of hydrogen-bond donors (Lipinski definition) is 8. The molecule has 0 aromatic heterocycles. The SMILES string of the molecule is Cc1cc(Nc2cc(NCCO)cc(Nc3ccc(N=Nc4cc(S(=O)(=O)O)c5cccc(S(=O)(=O)O)c5c4)c(C)c3)c2)ccc1N=Nc1cc(S(=O)(=O)O)c2cccc(S(=O)(=O)O)c2c1. The van der Waals surface area contributed by atoms with E-state index in [2.05, 4.69) is 36.4 Å². The largest absolute Gasteiger partial charge is 0.395 e. The van der Waals surface area contributed by atoms with E-state index in [0.29, 0.717) is 50.9 Å². The van der Waals surface area contributed by atoms with Gasteiger partial charge in [-0.15, -0.1) is 0 Å². The topological polar surface area (TPSA) is 323 Å². The number of aryl methyl sites for hydroxylation is 2. The summed E-state index contributed by atoms with van der Waals surface area (Å²) in [5.41, 5.74) is 4.89. The predicted molar refractivity (Wildman–Crippen MR) is 246 cm³/mol. The molecule has 0 aliphatic carbocycles. The number of aliphatic hydroxyl groups excluding tert-OH is 1. The number of anilines is 5. The van der Waals surface area contributed by atoms with E-state index in [1.54, 1.807) is 50.2 Å². The third kappa shape index (κ3) is 10.8. The second-order valence-corrected chi connectivity index (χ2v) is 20.2. The van der Waals surface area contributed by atoms with Gasteiger partial charge in [0.25, 0.3) is 40.5 Å². The summed E-state index contributed by atoms with van der Waals surface area (Å²) in [7, 11) is -19.3. The van der Waals surface area contributed by atoms with Crippen molar-refractivity contribution in [3.63, 3.8) is 0 Å².